The monoisotopic (exact) mass is 317 g/mol. The summed E-state index contributed by atoms with van der Waals surface area (Å²) in [5, 5.41) is 9.03. The quantitative estimate of drug-likeness (QED) is 0.725. The van der Waals surface area contributed by atoms with E-state index in [9.17, 15) is 4.39 Å². The third-order valence-electron chi connectivity index (χ3n) is 3.47. The lowest BCUT2D eigenvalue weighted by atomic mass is 10.1. The lowest BCUT2D eigenvalue weighted by Crippen LogP contribution is -2.13. The molecule has 3 aromatic rings. The summed E-state index contributed by atoms with van der Waals surface area (Å²) in [6.45, 7) is 0. The summed E-state index contributed by atoms with van der Waals surface area (Å²) in [5.41, 5.74) is 0.835. The fourth-order valence-electron chi connectivity index (χ4n) is 2.28. The van der Waals surface area contributed by atoms with E-state index in [2.05, 4.69) is 10.2 Å². The Hall–Kier alpha value is -2.40. The first-order chi connectivity index (χ1) is 10.6. The number of hydrogen-bond donors (Lipinski definition) is 0. The normalized spacial score (nSPS) is 10.7. The molecule has 112 valence electrons. The molecule has 0 radical (unpaired) electrons. The van der Waals surface area contributed by atoms with Crippen LogP contribution in [0.1, 0.15) is 0 Å². The first kappa shape index (κ1) is 14.5. The average Bonchev–Trinajstić information content (AvgIpc) is 2.55. The number of benzene rings is 2. The van der Waals surface area contributed by atoms with Gasteiger partial charge in [0.05, 0.1) is 12.5 Å². The first-order valence-corrected chi connectivity index (χ1v) is 6.98. The summed E-state index contributed by atoms with van der Waals surface area (Å²) in [5.74, 6) is 0.766. The fraction of sp³-hybridized carbons (Fsp3) is 0.125. The smallest absolute Gasteiger partial charge is 0.166 e. The number of methoxy groups -OCH3 is 1. The van der Waals surface area contributed by atoms with Crippen LogP contribution in [0.4, 0.5) is 15.9 Å². The molecule has 1 heterocycles. The predicted octanol–water partition coefficient (Wildman–Crippen LogP) is 4.20. The third kappa shape index (κ3) is 2.44. The van der Waals surface area contributed by atoms with Gasteiger partial charge in [0.1, 0.15) is 11.6 Å². The molecule has 0 bridgehead atoms. The number of aromatic nitrogens is 2. The summed E-state index contributed by atoms with van der Waals surface area (Å²) in [6, 6.07) is 12.1. The Kier molecular flexibility index (Phi) is 3.81. The molecule has 6 heteroatoms. The van der Waals surface area contributed by atoms with Crippen LogP contribution in [0.15, 0.2) is 42.5 Å². The molecular weight excluding hydrogens is 305 g/mol. The Morgan fingerprint density at radius 3 is 2.50 bits per heavy atom. The van der Waals surface area contributed by atoms with Crippen molar-refractivity contribution in [3.8, 4) is 5.75 Å². The van der Waals surface area contributed by atoms with E-state index in [1.807, 2.05) is 24.3 Å². The molecule has 4 nitrogen and oxygen atoms in total. The summed E-state index contributed by atoms with van der Waals surface area (Å²) in [7, 11) is 3.40. The van der Waals surface area contributed by atoms with Gasteiger partial charge in [-0.3, -0.25) is 0 Å². The topological polar surface area (TPSA) is 38.2 Å². The molecule has 0 amide bonds. The molecule has 0 aliphatic carbocycles. The van der Waals surface area contributed by atoms with E-state index < -0.39 is 0 Å². The van der Waals surface area contributed by atoms with Crippen LogP contribution < -0.4 is 9.64 Å². The highest BCUT2D eigenvalue weighted by atomic mass is 35.5. The van der Waals surface area contributed by atoms with Gasteiger partial charge in [-0.2, -0.15) is 0 Å². The van der Waals surface area contributed by atoms with E-state index in [0.717, 1.165) is 11.4 Å². The van der Waals surface area contributed by atoms with E-state index in [0.29, 0.717) is 16.6 Å². The number of halogens is 2. The highest BCUT2D eigenvalue weighted by Gasteiger charge is 2.16. The first-order valence-electron chi connectivity index (χ1n) is 6.60. The molecule has 0 saturated heterocycles. The fourth-order valence-corrected chi connectivity index (χ4v) is 2.48. The molecule has 0 aliphatic heterocycles. The van der Waals surface area contributed by atoms with Gasteiger partial charge in [-0.15, -0.1) is 10.2 Å². The number of anilines is 2. The van der Waals surface area contributed by atoms with E-state index in [1.54, 1.807) is 31.2 Å². The zero-order valence-electron chi connectivity index (χ0n) is 12.0. The van der Waals surface area contributed by atoms with Crippen LogP contribution in [-0.2, 0) is 0 Å². The number of hydrogen-bond acceptors (Lipinski definition) is 4. The van der Waals surface area contributed by atoms with E-state index in [1.165, 1.54) is 6.07 Å². The van der Waals surface area contributed by atoms with Crippen molar-refractivity contribution < 1.29 is 9.13 Å². The molecule has 2 aromatic carbocycles. The number of ether oxygens (including phenoxy) is 1. The van der Waals surface area contributed by atoms with Crippen molar-refractivity contribution in [3.05, 3.63) is 53.4 Å². The Morgan fingerprint density at radius 1 is 1.09 bits per heavy atom. The van der Waals surface area contributed by atoms with Crippen LogP contribution in [0.2, 0.25) is 5.15 Å². The second-order valence-corrected chi connectivity index (χ2v) is 5.09. The highest BCUT2D eigenvalue weighted by molar-refractivity contribution is 6.34. The standard InChI is InChI=1S/C16H13ClFN3O/c1-21(10-6-8-11(22-2)9-7-10)16-14-12(15(17)19-20-16)4-3-5-13(14)18/h3-9H,1-2H3. The maximum atomic E-state index is 14.2. The lowest BCUT2D eigenvalue weighted by molar-refractivity contribution is 0.415. The Morgan fingerprint density at radius 2 is 1.82 bits per heavy atom. The minimum atomic E-state index is -0.385. The molecule has 0 spiro atoms. The number of nitrogens with zero attached hydrogens (tertiary/aromatic N) is 3. The minimum Gasteiger partial charge on any atom is -0.497 e. The van der Waals surface area contributed by atoms with Gasteiger partial charge in [-0.1, -0.05) is 23.7 Å². The summed E-state index contributed by atoms with van der Waals surface area (Å²) in [6.07, 6.45) is 0. The van der Waals surface area contributed by atoms with Crippen molar-refractivity contribution in [2.75, 3.05) is 19.1 Å². The highest BCUT2D eigenvalue weighted by Crippen LogP contribution is 2.33. The minimum absolute atomic E-state index is 0.182. The van der Waals surface area contributed by atoms with Crippen LogP contribution in [0.3, 0.4) is 0 Å². The molecule has 1 aromatic heterocycles. The van der Waals surface area contributed by atoms with Gasteiger partial charge < -0.3 is 9.64 Å². The maximum Gasteiger partial charge on any atom is 0.166 e. The predicted molar refractivity (Wildman–Crippen MR) is 85.6 cm³/mol. The lowest BCUT2D eigenvalue weighted by Gasteiger charge is -2.20. The average molecular weight is 318 g/mol. The van der Waals surface area contributed by atoms with Gasteiger partial charge >= 0.3 is 0 Å². The summed E-state index contributed by atoms with van der Waals surface area (Å²) < 4.78 is 19.4. The van der Waals surface area contributed by atoms with Gasteiger partial charge in [-0.05, 0) is 30.3 Å². The molecule has 22 heavy (non-hydrogen) atoms. The molecule has 0 fully saturated rings. The van der Waals surface area contributed by atoms with Gasteiger partial charge in [0.25, 0.3) is 0 Å². The molecule has 0 aliphatic rings. The SMILES string of the molecule is COc1ccc(N(C)c2nnc(Cl)c3cccc(F)c23)cc1. The Balaban J connectivity index is 2.14. The summed E-state index contributed by atoms with van der Waals surface area (Å²) in [4.78, 5) is 1.76. The molecule has 0 N–H and O–H groups in total. The van der Waals surface area contributed by atoms with Crippen LogP contribution in [0, 0.1) is 5.82 Å². The Labute approximate surface area is 132 Å². The van der Waals surface area contributed by atoms with Gasteiger partial charge in [0.2, 0.25) is 0 Å². The van der Waals surface area contributed by atoms with E-state index in [-0.39, 0.29) is 11.0 Å². The number of rotatable bonds is 3. The van der Waals surface area contributed by atoms with Crippen molar-refractivity contribution in [2.45, 2.75) is 0 Å². The van der Waals surface area contributed by atoms with Gasteiger partial charge in [0.15, 0.2) is 11.0 Å². The zero-order valence-corrected chi connectivity index (χ0v) is 12.8. The van der Waals surface area contributed by atoms with Crippen LogP contribution in [-0.4, -0.2) is 24.4 Å². The molecule has 3 rings (SSSR count). The van der Waals surface area contributed by atoms with Gasteiger partial charge in [-0.25, -0.2) is 4.39 Å². The molecule has 0 atom stereocenters. The van der Waals surface area contributed by atoms with Crippen molar-refractivity contribution in [1.29, 1.82) is 0 Å². The van der Waals surface area contributed by atoms with E-state index >= 15 is 0 Å². The third-order valence-corrected chi connectivity index (χ3v) is 3.75. The second-order valence-electron chi connectivity index (χ2n) is 4.73. The summed E-state index contributed by atoms with van der Waals surface area (Å²) >= 11 is 6.02. The molecule has 0 saturated carbocycles. The van der Waals surface area contributed by atoms with Crippen molar-refractivity contribution in [3.63, 3.8) is 0 Å². The maximum absolute atomic E-state index is 14.2. The van der Waals surface area contributed by atoms with Gasteiger partial charge in [0, 0.05) is 18.1 Å². The van der Waals surface area contributed by atoms with Crippen LogP contribution in [0.25, 0.3) is 10.8 Å². The largest absolute Gasteiger partial charge is 0.497 e. The van der Waals surface area contributed by atoms with E-state index in [4.69, 9.17) is 16.3 Å². The van der Waals surface area contributed by atoms with Crippen molar-refractivity contribution in [1.82, 2.24) is 10.2 Å². The van der Waals surface area contributed by atoms with Crippen molar-refractivity contribution >= 4 is 33.9 Å². The molecule has 0 unspecified atom stereocenters. The van der Waals surface area contributed by atoms with Crippen LogP contribution >= 0.6 is 11.6 Å². The van der Waals surface area contributed by atoms with Crippen molar-refractivity contribution in [2.24, 2.45) is 0 Å². The molecular formula is C16H13ClFN3O. The Bertz CT molecular complexity index is 823. The second kappa shape index (κ2) is 5.77. The number of fused-ring (bicyclic) bond motifs is 1. The zero-order chi connectivity index (χ0) is 15.7. The van der Waals surface area contributed by atoms with Crippen LogP contribution in [0.5, 0.6) is 5.75 Å².